The van der Waals surface area contributed by atoms with E-state index in [-0.39, 0.29) is 24.6 Å². The standard InChI is InChI=1S/C26H27F3N4O3/c1-14-23-21(13-36-14)20-9-15(5-8-22(20)32-24(23)30)25(35)33(18-3-2-4-19(34)10-18)12-17-7-6-16(11-31-17)26(27,28)29/h5-9,11,14,18-19,34H,2-4,10,12-13H2,1H3,(H2,30,32)/t14-,18-,19+/m0/s1. The molecular formula is C26H27F3N4O3. The Bertz CT molecular complexity index is 1300. The highest BCUT2D eigenvalue weighted by atomic mass is 19.4. The minimum Gasteiger partial charge on any atom is -0.393 e. The summed E-state index contributed by atoms with van der Waals surface area (Å²) < 4.78 is 44.7. The molecule has 3 heterocycles. The van der Waals surface area contributed by atoms with Crippen molar-refractivity contribution in [2.75, 3.05) is 5.73 Å². The Morgan fingerprint density at radius 3 is 2.75 bits per heavy atom. The van der Waals surface area contributed by atoms with Gasteiger partial charge in [-0.25, -0.2) is 4.98 Å². The Morgan fingerprint density at radius 2 is 2.06 bits per heavy atom. The molecule has 5 rings (SSSR count). The molecule has 3 aromatic rings. The smallest absolute Gasteiger partial charge is 0.393 e. The summed E-state index contributed by atoms with van der Waals surface area (Å²) in [5.41, 5.74) is 8.45. The number of nitrogens with zero attached hydrogens (tertiary/aromatic N) is 3. The zero-order valence-electron chi connectivity index (χ0n) is 19.8. The molecule has 0 bridgehead atoms. The topological polar surface area (TPSA) is 102 Å². The maximum Gasteiger partial charge on any atom is 0.417 e. The highest BCUT2D eigenvalue weighted by Crippen LogP contribution is 2.38. The molecule has 1 aliphatic heterocycles. The van der Waals surface area contributed by atoms with Gasteiger partial charge >= 0.3 is 6.18 Å². The third-order valence-electron chi connectivity index (χ3n) is 7.10. The first-order valence-electron chi connectivity index (χ1n) is 12.0. The lowest BCUT2D eigenvalue weighted by Gasteiger charge is -2.36. The molecule has 1 amide bonds. The maximum absolute atomic E-state index is 13.8. The van der Waals surface area contributed by atoms with E-state index in [2.05, 4.69) is 9.97 Å². The predicted molar refractivity (Wildman–Crippen MR) is 127 cm³/mol. The van der Waals surface area contributed by atoms with Crippen LogP contribution in [-0.2, 0) is 24.1 Å². The molecule has 1 aliphatic carbocycles. The SMILES string of the molecule is C[C@@H]1OCc2c1c(N)nc1ccc(C(=O)N(Cc3ccc(C(F)(F)F)cn3)[C@H]3CCC[C@@H](O)C3)cc21. The molecule has 190 valence electrons. The van der Waals surface area contributed by atoms with Crippen molar-refractivity contribution in [3.8, 4) is 0 Å². The van der Waals surface area contributed by atoms with E-state index in [0.717, 1.165) is 35.2 Å². The van der Waals surface area contributed by atoms with Crippen LogP contribution in [0.1, 0.15) is 71.5 Å². The maximum atomic E-state index is 13.8. The number of nitrogens with two attached hydrogens (primary N) is 1. The number of fused-ring (bicyclic) bond motifs is 3. The number of carbonyl (C=O) groups excluding carboxylic acids is 1. The zero-order valence-corrected chi connectivity index (χ0v) is 19.8. The highest BCUT2D eigenvalue weighted by molar-refractivity contribution is 5.99. The van der Waals surface area contributed by atoms with Gasteiger partial charge in [-0.15, -0.1) is 0 Å². The summed E-state index contributed by atoms with van der Waals surface area (Å²) >= 11 is 0. The predicted octanol–water partition coefficient (Wildman–Crippen LogP) is 4.77. The highest BCUT2D eigenvalue weighted by Gasteiger charge is 2.33. The molecule has 1 saturated carbocycles. The van der Waals surface area contributed by atoms with Gasteiger partial charge in [0.2, 0.25) is 0 Å². The van der Waals surface area contributed by atoms with Gasteiger partial charge in [-0.05, 0) is 68.5 Å². The molecule has 1 aromatic carbocycles. The Morgan fingerprint density at radius 1 is 1.25 bits per heavy atom. The van der Waals surface area contributed by atoms with Crippen molar-refractivity contribution in [3.05, 3.63) is 64.5 Å². The first-order valence-corrected chi connectivity index (χ1v) is 12.0. The van der Waals surface area contributed by atoms with Crippen LogP contribution in [0.3, 0.4) is 0 Å². The summed E-state index contributed by atoms with van der Waals surface area (Å²) in [6, 6.07) is 7.19. The second-order valence-electron chi connectivity index (χ2n) is 9.52. The van der Waals surface area contributed by atoms with Crippen LogP contribution >= 0.6 is 0 Å². The molecule has 1 fully saturated rings. The number of carbonyl (C=O) groups is 1. The van der Waals surface area contributed by atoms with E-state index in [0.29, 0.717) is 48.5 Å². The number of aliphatic hydroxyl groups excluding tert-OH is 1. The van der Waals surface area contributed by atoms with Crippen molar-refractivity contribution in [3.63, 3.8) is 0 Å². The van der Waals surface area contributed by atoms with Gasteiger partial charge in [0.05, 0.1) is 42.1 Å². The van der Waals surface area contributed by atoms with Crippen LogP contribution in [0.2, 0.25) is 0 Å². The van der Waals surface area contributed by atoms with Crippen molar-refractivity contribution in [1.82, 2.24) is 14.9 Å². The van der Waals surface area contributed by atoms with Gasteiger partial charge < -0.3 is 20.5 Å². The van der Waals surface area contributed by atoms with Gasteiger partial charge in [0.1, 0.15) is 5.82 Å². The fourth-order valence-electron chi connectivity index (χ4n) is 5.21. The molecule has 0 unspecified atom stereocenters. The molecule has 10 heteroatoms. The number of benzene rings is 1. The Kier molecular flexibility index (Phi) is 6.34. The van der Waals surface area contributed by atoms with E-state index in [9.17, 15) is 23.1 Å². The quantitative estimate of drug-likeness (QED) is 0.535. The van der Waals surface area contributed by atoms with Gasteiger partial charge in [0.25, 0.3) is 5.91 Å². The molecule has 7 nitrogen and oxygen atoms in total. The molecule has 2 aromatic heterocycles. The number of ether oxygens (including phenoxy) is 1. The largest absolute Gasteiger partial charge is 0.417 e. The van der Waals surface area contributed by atoms with Crippen LogP contribution in [0.15, 0.2) is 36.5 Å². The number of hydrogen-bond acceptors (Lipinski definition) is 6. The van der Waals surface area contributed by atoms with E-state index in [4.69, 9.17) is 10.5 Å². The van der Waals surface area contributed by atoms with Gasteiger partial charge in [0, 0.05) is 28.8 Å². The van der Waals surface area contributed by atoms with Crippen LogP contribution in [0, 0.1) is 0 Å². The number of rotatable bonds is 4. The number of halogens is 3. The molecule has 3 N–H and O–H groups in total. The minimum atomic E-state index is -4.49. The summed E-state index contributed by atoms with van der Waals surface area (Å²) in [6.07, 6.45) is -1.94. The van der Waals surface area contributed by atoms with E-state index in [1.165, 1.54) is 6.07 Å². The van der Waals surface area contributed by atoms with Crippen molar-refractivity contribution < 1.29 is 27.8 Å². The average molecular weight is 501 g/mol. The Balaban J connectivity index is 1.50. The first-order chi connectivity index (χ1) is 17.1. The second-order valence-corrected chi connectivity index (χ2v) is 9.52. The number of amides is 1. The lowest BCUT2D eigenvalue weighted by molar-refractivity contribution is -0.137. The number of nitrogen functional groups attached to an aromatic ring is 1. The van der Waals surface area contributed by atoms with Crippen molar-refractivity contribution in [2.24, 2.45) is 0 Å². The van der Waals surface area contributed by atoms with Crippen LogP contribution in [0.25, 0.3) is 10.9 Å². The van der Waals surface area contributed by atoms with Crippen LogP contribution in [-0.4, -0.2) is 38.0 Å². The second kappa shape index (κ2) is 9.33. The summed E-state index contributed by atoms with van der Waals surface area (Å²) in [5, 5.41) is 11.0. The van der Waals surface area contributed by atoms with Gasteiger partial charge in [-0.3, -0.25) is 9.78 Å². The lowest BCUT2D eigenvalue weighted by Crippen LogP contribution is -2.43. The molecule has 0 saturated heterocycles. The molecular weight excluding hydrogens is 473 g/mol. The molecule has 0 spiro atoms. The molecule has 2 aliphatic rings. The zero-order chi connectivity index (χ0) is 25.6. The summed E-state index contributed by atoms with van der Waals surface area (Å²) in [5.74, 6) is 0.128. The molecule has 0 radical (unpaired) electrons. The lowest BCUT2D eigenvalue weighted by atomic mass is 9.91. The van der Waals surface area contributed by atoms with Gasteiger partial charge in [-0.1, -0.05) is 0 Å². The van der Waals surface area contributed by atoms with Crippen molar-refractivity contribution in [2.45, 2.75) is 70.2 Å². The van der Waals surface area contributed by atoms with E-state index in [1.807, 2.05) is 6.92 Å². The van der Waals surface area contributed by atoms with Crippen LogP contribution < -0.4 is 5.73 Å². The minimum absolute atomic E-state index is 0.0324. The molecule has 36 heavy (non-hydrogen) atoms. The first kappa shape index (κ1) is 24.5. The van der Waals surface area contributed by atoms with Gasteiger partial charge in [-0.2, -0.15) is 13.2 Å². The average Bonchev–Trinajstić information content (AvgIpc) is 3.24. The van der Waals surface area contributed by atoms with Crippen LogP contribution in [0.4, 0.5) is 19.0 Å². The fourth-order valence-corrected chi connectivity index (χ4v) is 5.21. The van der Waals surface area contributed by atoms with E-state index in [1.54, 1.807) is 23.1 Å². The normalized spacial score (nSPS) is 22.0. The van der Waals surface area contributed by atoms with Gasteiger partial charge in [0.15, 0.2) is 0 Å². The number of aromatic nitrogens is 2. The van der Waals surface area contributed by atoms with E-state index < -0.39 is 17.8 Å². The number of anilines is 1. The third-order valence-corrected chi connectivity index (χ3v) is 7.10. The fraction of sp³-hybridized carbons (Fsp3) is 0.423. The summed E-state index contributed by atoms with van der Waals surface area (Å²) in [7, 11) is 0. The summed E-state index contributed by atoms with van der Waals surface area (Å²) in [6.45, 7) is 2.30. The number of alkyl halides is 3. The van der Waals surface area contributed by atoms with Crippen LogP contribution in [0.5, 0.6) is 0 Å². The Labute approximate surface area is 206 Å². The molecule has 3 atom stereocenters. The number of hydrogen-bond donors (Lipinski definition) is 2. The third kappa shape index (κ3) is 4.62. The van der Waals surface area contributed by atoms with E-state index >= 15 is 0 Å². The number of pyridine rings is 2. The monoisotopic (exact) mass is 500 g/mol. The summed E-state index contributed by atoms with van der Waals surface area (Å²) in [4.78, 5) is 23.9. The van der Waals surface area contributed by atoms with Crippen molar-refractivity contribution in [1.29, 1.82) is 0 Å². The number of aliphatic hydroxyl groups is 1. The Hall–Kier alpha value is -3.24. The van der Waals surface area contributed by atoms with Crippen molar-refractivity contribution >= 4 is 22.6 Å².